The second kappa shape index (κ2) is 7.71. The van der Waals surface area contributed by atoms with Gasteiger partial charge in [-0.3, -0.25) is 4.79 Å². The molecule has 0 fully saturated rings. The van der Waals surface area contributed by atoms with Gasteiger partial charge in [0.2, 0.25) is 17.0 Å². The van der Waals surface area contributed by atoms with Gasteiger partial charge in [-0.2, -0.15) is 4.98 Å². The van der Waals surface area contributed by atoms with Gasteiger partial charge in [-0.25, -0.2) is 9.98 Å². The third-order valence-corrected chi connectivity index (χ3v) is 7.68. The van der Waals surface area contributed by atoms with Crippen molar-refractivity contribution in [1.29, 1.82) is 0 Å². The van der Waals surface area contributed by atoms with Gasteiger partial charge in [-0.1, -0.05) is 0 Å². The fourth-order valence-electron chi connectivity index (χ4n) is 4.81. The lowest BCUT2D eigenvalue weighted by Crippen LogP contribution is -2.34. The molecule has 4 aliphatic rings. The number of hydrogen-bond donors (Lipinski definition) is 2. The number of carbonyl (C=O) groups excluding carboxylic acids is 1. The van der Waals surface area contributed by atoms with Crippen LogP contribution in [0, 0.1) is 0 Å². The van der Waals surface area contributed by atoms with Crippen molar-refractivity contribution in [2.45, 2.75) is 51.0 Å². The number of thiophene rings is 1. The summed E-state index contributed by atoms with van der Waals surface area (Å²) in [6.07, 6.45) is 10.8. The van der Waals surface area contributed by atoms with Gasteiger partial charge in [0.15, 0.2) is 0 Å². The van der Waals surface area contributed by atoms with E-state index in [4.69, 9.17) is 21.3 Å². The van der Waals surface area contributed by atoms with Crippen molar-refractivity contribution < 1.29 is 9.53 Å². The molecule has 2 aliphatic carbocycles. The van der Waals surface area contributed by atoms with E-state index in [2.05, 4.69) is 26.7 Å². The predicted molar refractivity (Wildman–Crippen MR) is 126 cm³/mol. The number of aryl methyl sites for hydroxylation is 1. The van der Waals surface area contributed by atoms with Crippen LogP contribution in [0.5, 0.6) is 5.88 Å². The van der Waals surface area contributed by atoms with Crippen LogP contribution in [0.1, 0.15) is 63.5 Å². The highest BCUT2D eigenvalue weighted by Gasteiger charge is 2.34. The zero-order valence-corrected chi connectivity index (χ0v) is 19.1. The molecule has 2 aromatic heterocycles. The molecule has 0 bridgehead atoms. The Bertz CT molecular complexity index is 1230. The average Bonchev–Trinajstić information content (AvgIpc) is 3.10. The van der Waals surface area contributed by atoms with E-state index >= 15 is 0 Å². The van der Waals surface area contributed by atoms with E-state index in [1.165, 1.54) is 11.3 Å². The lowest BCUT2D eigenvalue weighted by Gasteiger charge is -2.26. The molecule has 6 rings (SSSR count). The predicted octanol–water partition coefficient (Wildman–Crippen LogP) is 4.49. The smallest absolute Gasteiger partial charge is 0.263 e. The number of carbonyl (C=O) groups is 1. The summed E-state index contributed by atoms with van der Waals surface area (Å²) in [6, 6.07) is 0.0851. The number of fused-ring (bicyclic) bond motifs is 6. The Hall–Kier alpha value is -2.71. The van der Waals surface area contributed by atoms with Crippen LogP contribution in [0.4, 0.5) is 5.69 Å². The topological polar surface area (TPSA) is 88.5 Å². The standard InChI is InChI=1S/C23H22ClN5O2S/c1-11-10-25-19-18-12-6-9-17(27-15(12)7-8-16(18)32-20(19)21(30)26-11)31-22-13-4-2-3-5-14(13)28-23(24)29-22/h7-9,11-12,25H,2-6,10H2,1H3,(H,26,30)/t11-,12?/m1/s1. The van der Waals surface area contributed by atoms with Crippen molar-refractivity contribution in [1.82, 2.24) is 15.3 Å². The van der Waals surface area contributed by atoms with Gasteiger partial charge < -0.3 is 15.4 Å². The summed E-state index contributed by atoms with van der Waals surface area (Å²) in [7, 11) is 0. The number of nitrogens with zero attached hydrogens (tertiary/aromatic N) is 3. The second-order valence-electron chi connectivity index (χ2n) is 8.57. The first-order valence-electron chi connectivity index (χ1n) is 11.0. The second-order valence-corrected chi connectivity index (χ2v) is 9.96. The number of amides is 1. The van der Waals surface area contributed by atoms with E-state index in [1.54, 1.807) is 0 Å². The molecule has 2 N–H and O–H groups in total. The molecule has 0 saturated carbocycles. The molecule has 0 spiro atoms. The van der Waals surface area contributed by atoms with Crippen LogP contribution in [0.2, 0.25) is 5.28 Å². The van der Waals surface area contributed by atoms with E-state index in [0.29, 0.717) is 18.3 Å². The molecule has 2 atom stereocenters. The number of hydrogen-bond acceptors (Lipinski definition) is 7. The molecule has 0 aromatic carbocycles. The molecule has 0 saturated heterocycles. The first-order valence-corrected chi connectivity index (χ1v) is 12.2. The van der Waals surface area contributed by atoms with Gasteiger partial charge in [-0.05, 0) is 68.9 Å². The number of rotatable bonds is 2. The third-order valence-electron chi connectivity index (χ3n) is 6.34. The van der Waals surface area contributed by atoms with Crippen LogP contribution in [0.15, 0.2) is 23.0 Å². The lowest BCUT2D eigenvalue weighted by molar-refractivity contribution is 0.0949. The van der Waals surface area contributed by atoms with Gasteiger partial charge >= 0.3 is 0 Å². The number of anilines is 1. The third kappa shape index (κ3) is 3.33. The van der Waals surface area contributed by atoms with Crippen LogP contribution in [0.25, 0.3) is 6.08 Å². The van der Waals surface area contributed by atoms with E-state index in [0.717, 1.165) is 70.1 Å². The lowest BCUT2D eigenvalue weighted by atomic mass is 9.85. The highest BCUT2D eigenvalue weighted by molar-refractivity contribution is 7.15. The maximum Gasteiger partial charge on any atom is 0.263 e. The maximum atomic E-state index is 12.6. The summed E-state index contributed by atoms with van der Waals surface area (Å²) in [4.78, 5) is 28.0. The first-order chi connectivity index (χ1) is 15.6. The quantitative estimate of drug-likeness (QED) is 0.635. The van der Waals surface area contributed by atoms with Crippen molar-refractivity contribution in [3.8, 4) is 5.88 Å². The Morgan fingerprint density at radius 3 is 3.00 bits per heavy atom. The summed E-state index contributed by atoms with van der Waals surface area (Å²) >= 11 is 7.69. The first kappa shape index (κ1) is 19.9. The van der Waals surface area contributed by atoms with Crippen molar-refractivity contribution in [3.63, 3.8) is 0 Å². The number of aliphatic imine (C=N–C) groups is 1. The van der Waals surface area contributed by atoms with Crippen LogP contribution < -0.4 is 15.4 Å². The zero-order valence-electron chi connectivity index (χ0n) is 17.6. The Morgan fingerprint density at radius 2 is 2.09 bits per heavy atom. The normalized spacial score (nSPS) is 23.4. The number of nitrogens with one attached hydrogen (secondary N) is 2. The van der Waals surface area contributed by atoms with Gasteiger partial charge in [0.05, 0.1) is 17.1 Å². The molecule has 164 valence electrons. The van der Waals surface area contributed by atoms with Crippen molar-refractivity contribution in [3.05, 3.63) is 49.9 Å². The minimum Gasteiger partial charge on any atom is -0.421 e. The van der Waals surface area contributed by atoms with Crippen LogP contribution in [0.3, 0.4) is 0 Å². The monoisotopic (exact) mass is 467 g/mol. The molecule has 1 amide bonds. The molecule has 9 heteroatoms. The van der Waals surface area contributed by atoms with E-state index in [1.807, 2.05) is 19.1 Å². The largest absolute Gasteiger partial charge is 0.421 e. The molecule has 2 aromatic rings. The number of ether oxygens (including phenoxy) is 1. The Kier molecular flexibility index (Phi) is 4.80. The molecule has 4 heterocycles. The highest BCUT2D eigenvalue weighted by atomic mass is 35.5. The zero-order chi connectivity index (χ0) is 21.8. The van der Waals surface area contributed by atoms with Crippen LogP contribution in [-0.2, 0) is 12.8 Å². The fourth-order valence-corrected chi connectivity index (χ4v) is 6.14. The van der Waals surface area contributed by atoms with Gasteiger partial charge in [0, 0.05) is 34.5 Å². The molecule has 7 nitrogen and oxygen atoms in total. The summed E-state index contributed by atoms with van der Waals surface area (Å²) in [5, 5.41) is 6.75. The molecule has 2 aliphatic heterocycles. The summed E-state index contributed by atoms with van der Waals surface area (Å²) in [5.74, 6) is 1.14. The fraction of sp³-hybridized carbons (Fsp3) is 0.391. The summed E-state index contributed by atoms with van der Waals surface area (Å²) in [5.41, 5.74) is 5.06. The Morgan fingerprint density at radius 1 is 1.22 bits per heavy atom. The summed E-state index contributed by atoms with van der Waals surface area (Å²) < 4.78 is 6.14. The van der Waals surface area contributed by atoms with Gasteiger partial charge in [0.25, 0.3) is 5.91 Å². The number of allylic oxidation sites excluding steroid dienone is 2. The Labute approximate surface area is 194 Å². The minimum atomic E-state index is -0.00965. The minimum absolute atomic E-state index is 0.00965. The molecule has 0 radical (unpaired) electrons. The maximum absolute atomic E-state index is 12.6. The molecule has 1 unspecified atom stereocenters. The van der Waals surface area contributed by atoms with E-state index in [-0.39, 0.29) is 23.2 Å². The molecular weight excluding hydrogens is 446 g/mol. The van der Waals surface area contributed by atoms with E-state index in [9.17, 15) is 4.79 Å². The van der Waals surface area contributed by atoms with Gasteiger partial charge in [0.1, 0.15) is 4.88 Å². The molecular formula is C23H22ClN5O2S. The van der Waals surface area contributed by atoms with Crippen LogP contribution in [-0.4, -0.2) is 34.2 Å². The van der Waals surface area contributed by atoms with Crippen molar-refractivity contribution >= 4 is 46.3 Å². The summed E-state index contributed by atoms with van der Waals surface area (Å²) in [6.45, 7) is 2.71. The van der Waals surface area contributed by atoms with Crippen LogP contribution >= 0.6 is 22.9 Å². The number of aromatic nitrogens is 2. The molecule has 32 heavy (non-hydrogen) atoms. The van der Waals surface area contributed by atoms with Crippen molar-refractivity contribution in [2.24, 2.45) is 4.99 Å². The van der Waals surface area contributed by atoms with E-state index < -0.39 is 0 Å². The number of halogens is 1. The SMILES string of the molecule is C[C@@H]1CNc2c(sc3c2C2CC=C(Oc4nc(Cl)nc5c4CCCC5)N=C2C=C3)C(=O)N1. The Balaban J connectivity index is 1.31. The average molecular weight is 468 g/mol. The van der Waals surface area contributed by atoms with Crippen molar-refractivity contribution in [2.75, 3.05) is 11.9 Å². The van der Waals surface area contributed by atoms with Gasteiger partial charge in [-0.15, -0.1) is 11.3 Å². The highest BCUT2D eigenvalue weighted by Crippen LogP contribution is 2.46.